The van der Waals surface area contributed by atoms with E-state index in [1.807, 2.05) is 6.92 Å². The quantitative estimate of drug-likeness (QED) is 0.796. The lowest BCUT2D eigenvalue weighted by Gasteiger charge is -2.38. The van der Waals surface area contributed by atoms with Crippen molar-refractivity contribution in [1.82, 2.24) is 10.2 Å². The molecular formula is C13H25FN2. The molecule has 0 bridgehead atoms. The highest BCUT2D eigenvalue weighted by Crippen LogP contribution is 2.30. The molecule has 2 heterocycles. The van der Waals surface area contributed by atoms with E-state index in [9.17, 15) is 4.39 Å². The van der Waals surface area contributed by atoms with Gasteiger partial charge in [0.05, 0.1) is 0 Å². The lowest BCUT2D eigenvalue weighted by atomic mass is 9.89. The summed E-state index contributed by atoms with van der Waals surface area (Å²) >= 11 is 0. The molecule has 0 amide bonds. The molecule has 1 N–H and O–H groups in total. The van der Waals surface area contributed by atoms with E-state index in [0.29, 0.717) is 6.42 Å². The summed E-state index contributed by atoms with van der Waals surface area (Å²) < 4.78 is 14.0. The molecule has 0 aromatic rings. The number of hydrogen-bond donors (Lipinski definition) is 1. The Morgan fingerprint density at radius 3 is 2.44 bits per heavy atom. The average Bonchev–Trinajstić information content (AvgIpc) is 2.34. The summed E-state index contributed by atoms with van der Waals surface area (Å²) in [6, 6.07) is 0. The van der Waals surface area contributed by atoms with Crippen LogP contribution in [-0.2, 0) is 0 Å². The molecule has 2 saturated heterocycles. The van der Waals surface area contributed by atoms with Crippen molar-refractivity contribution in [2.75, 3.05) is 32.7 Å². The van der Waals surface area contributed by atoms with E-state index in [1.165, 1.54) is 32.5 Å². The number of rotatable bonds is 3. The highest BCUT2D eigenvalue weighted by atomic mass is 19.1. The fourth-order valence-electron chi connectivity index (χ4n) is 2.92. The fourth-order valence-corrected chi connectivity index (χ4v) is 2.92. The number of alkyl halides is 1. The summed E-state index contributed by atoms with van der Waals surface area (Å²) in [5, 5.41) is 3.40. The van der Waals surface area contributed by atoms with Crippen molar-refractivity contribution in [3.8, 4) is 0 Å². The van der Waals surface area contributed by atoms with Gasteiger partial charge in [0.15, 0.2) is 0 Å². The van der Waals surface area contributed by atoms with Gasteiger partial charge in [-0.3, -0.25) is 0 Å². The number of nitrogens with zero attached hydrogens (tertiary/aromatic N) is 1. The van der Waals surface area contributed by atoms with Crippen LogP contribution >= 0.6 is 0 Å². The van der Waals surface area contributed by atoms with Crippen LogP contribution in [0.4, 0.5) is 4.39 Å². The highest BCUT2D eigenvalue weighted by Gasteiger charge is 2.33. The van der Waals surface area contributed by atoms with Crippen LogP contribution in [0, 0.1) is 5.92 Å². The zero-order valence-corrected chi connectivity index (χ0v) is 10.5. The molecule has 2 aliphatic heterocycles. The van der Waals surface area contributed by atoms with Gasteiger partial charge in [-0.2, -0.15) is 0 Å². The SMILES string of the molecule is CCC1(F)CCN(CC2CCNCC2)CC1. The summed E-state index contributed by atoms with van der Waals surface area (Å²) in [5.74, 6) is 0.843. The Morgan fingerprint density at radius 1 is 1.25 bits per heavy atom. The van der Waals surface area contributed by atoms with Gasteiger partial charge in [-0.15, -0.1) is 0 Å². The minimum absolute atomic E-state index is 0.689. The first-order valence-electron chi connectivity index (χ1n) is 6.84. The summed E-state index contributed by atoms with van der Waals surface area (Å²) in [6.07, 6.45) is 4.77. The van der Waals surface area contributed by atoms with Crippen molar-refractivity contribution in [1.29, 1.82) is 0 Å². The van der Waals surface area contributed by atoms with Crippen molar-refractivity contribution in [3.05, 3.63) is 0 Å². The molecule has 94 valence electrons. The zero-order valence-electron chi connectivity index (χ0n) is 10.5. The van der Waals surface area contributed by atoms with Gasteiger partial charge in [0.25, 0.3) is 0 Å². The second-order valence-electron chi connectivity index (χ2n) is 5.50. The van der Waals surface area contributed by atoms with Crippen LogP contribution in [0.2, 0.25) is 0 Å². The first-order valence-corrected chi connectivity index (χ1v) is 6.84. The maximum atomic E-state index is 14.0. The second-order valence-corrected chi connectivity index (χ2v) is 5.50. The number of piperidine rings is 2. The lowest BCUT2D eigenvalue weighted by Crippen LogP contribution is -2.44. The van der Waals surface area contributed by atoms with Crippen LogP contribution in [0.5, 0.6) is 0 Å². The molecule has 16 heavy (non-hydrogen) atoms. The molecule has 0 saturated carbocycles. The Labute approximate surface area is 98.6 Å². The standard InChI is InChI=1S/C13H25FN2/c1-2-13(14)5-9-16(10-6-13)11-12-3-7-15-8-4-12/h12,15H,2-11H2,1H3. The van der Waals surface area contributed by atoms with Crippen LogP contribution in [0.3, 0.4) is 0 Å². The van der Waals surface area contributed by atoms with Crippen LogP contribution in [0.15, 0.2) is 0 Å². The maximum absolute atomic E-state index is 14.0. The van der Waals surface area contributed by atoms with Crippen molar-refractivity contribution in [2.45, 2.75) is 44.7 Å². The van der Waals surface area contributed by atoms with Gasteiger partial charge in [0, 0.05) is 19.6 Å². The minimum atomic E-state index is -0.857. The molecule has 0 aromatic carbocycles. The first-order chi connectivity index (χ1) is 7.72. The van der Waals surface area contributed by atoms with Crippen LogP contribution in [0.1, 0.15) is 39.0 Å². The summed E-state index contributed by atoms with van der Waals surface area (Å²) in [5.41, 5.74) is -0.857. The van der Waals surface area contributed by atoms with Gasteiger partial charge in [0.1, 0.15) is 5.67 Å². The number of hydrogen-bond acceptors (Lipinski definition) is 2. The number of halogens is 1. The summed E-state index contributed by atoms with van der Waals surface area (Å²) in [4.78, 5) is 2.48. The zero-order chi connectivity index (χ0) is 11.4. The molecule has 3 heteroatoms. The van der Waals surface area contributed by atoms with E-state index >= 15 is 0 Å². The van der Waals surface area contributed by atoms with Crippen LogP contribution < -0.4 is 5.32 Å². The van der Waals surface area contributed by atoms with E-state index < -0.39 is 5.67 Å². The third-order valence-corrected chi connectivity index (χ3v) is 4.36. The predicted molar refractivity (Wildman–Crippen MR) is 65.4 cm³/mol. The van der Waals surface area contributed by atoms with Crippen LogP contribution in [0.25, 0.3) is 0 Å². The van der Waals surface area contributed by atoms with E-state index in [1.54, 1.807) is 0 Å². The largest absolute Gasteiger partial charge is 0.317 e. The second kappa shape index (κ2) is 5.46. The van der Waals surface area contributed by atoms with Gasteiger partial charge in [0.2, 0.25) is 0 Å². The molecule has 2 rings (SSSR count). The van der Waals surface area contributed by atoms with Gasteiger partial charge < -0.3 is 10.2 Å². The Hall–Kier alpha value is -0.150. The van der Waals surface area contributed by atoms with Gasteiger partial charge >= 0.3 is 0 Å². The summed E-state index contributed by atoms with van der Waals surface area (Å²) in [7, 11) is 0. The predicted octanol–water partition coefficient (Wildman–Crippen LogP) is 2.20. The Bertz CT molecular complexity index is 206. The van der Waals surface area contributed by atoms with E-state index in [2.05, 4.69) is 10.2 Å². The molecule has 2 aliphatic rings. The fraction of sp³-hybridized carbons (Fsp3) is 1.00. The molecule has 2 nitrogen and oxygen atoms in total. The molecule has 0 spiro atoms. The normalized spacial score (nSPS) is 28.1. The minimum Gasteiger partial charge on any atom is -0.317 e. The van der Waals surface area contributed by atoms with Crippen molar-refractivity contribution >= 4 is 0 Å². The molecule has 0 aliphatic carbocycles. The molecule has 2 fully saturated rings. The van der Waals surface area contributed by atoms with Crippen molar-refractivity contribution in [2.24, 2.45) is 5.92 Å². The van der Waals surface area contributed by atoms with E-state index in [-0.39, 0.29) is 0 Å². The Kier molecular flexibility index (Phi) is 4.20. The Morgan fingerprint density at radius 2 is 1.88 bits per heavy atom. The molecule has 0 radical (unpaired) electrons. The highest BCUT2D eigenvalue weighted by molar-refractivity contribution is 4.86. The molecule has 0 unspecified atom stereocenters. The molecule has 0 atom stereocenters. The maximum Gasteiger partial charge on any atom is 0.113 e. The first kappa shape index (κ1) is 12.3. The van der Waals surface area contributed by atoms with Crippen molar-refractivity contribution < 1.29 is 4.39 Å². The molecular weight excluding hydrogens is 203 g/mol. The number of nitrogens with one attached hydrogen (secondary N) is 1. The van der Waals surface area contributed by atoms with E-state index in [4.69, 9.17) is 0 Å². The van der Waals surface area contributed by atoms with Gasteiger partial charge in [-0.1, -0.05) is 6.92 Å². The topological polar surface area (TPSA) is 15.3 Å². The Balaban J connectivity index is 1.72. The van der Waals surface area contributed by atoms with Gasteiger partial charge in [-0.05, 0) is 51.1 Å². The average molecular weight is 228 g/mol. The van der Waals surface area contributed by atoms with Gasteiger partial charge in [-0.25, -0.2) is 4.39 Å². The molecule has 0 aromatic heterocycles. The summed E-state index contributed by atoms with van der Waals surface area (Å²) in [6.45, 7) is 7.44. The third kappa shape index (κ3) is 3.17. The van der Waals surface area contributed by atoms with Crippen LogP contribution in [-0.4, -0.2) is 43.3 Å². The van der Waals surface area contributed by atoms with E-state index in [0.717, 1.165) is 31.8 Å². The third-order valence-electron chi connectivity index (χ3n) is 4.36. The lowest BCUT2D eigenvalue weighted by molar-refractivity contribution is 0.0459. The smallest absolute Gasteiger partial charge is 0.113 e. The number of likely N-dealkylation sites (tertiary alicyclic amines) is 1. The van der Waals surface area contributed by atoms with Crippen molar-refractivity contribution in [3.63, 3.8) is 0 Å². The monoisotopic (exact) mass is 228 g/mol.